The molecule has 162 valence electrons. The number of nitrogens with one attached hydrogen (secondary N) is 2. The number of aromatic nitrogens is 1. The highest BCUT2D eigenvalue weighted by molar-refractivity contribution is 14.1. The maximum absolute atomic E-state index is 12.6. The van der Waals surface area contributed by atoms with Gasteiger partial charge in [0.25, 0.3) is 5.91 Å². The zero-order chi connectivity index (χ0) is 22.9. The lowest BCUT2D eigenvalue weighted by atomic mass is 10.1. The fourth-order valence-corrected chi connectivity index (χ4v) is 4.03. The molecule has 1 aromatic heterocycles. The second-order valence-corrected chi connectivity index (χ2v) is 7.95. The number of hydrogen-bond donors (Lipinski definition) is 2. The maximum Gasteiger partial charge on any atom is 0.261 e. The Morgan fingerprint density at radius 1 is 1.31 bits per heavy atom. The van der Waals surface area contributed by atoms with Crippen LogP contribution >= 0.6 is 22.6 Å². The number of amides is 1. The number of hydrogen-bond acceptors (Lipinski definition) is 4. The van der Waals surface area contributed by atoms with Gasteiger partial charge in [-0.05, 0) is 71.3 Å². The lowest BCUT2D eigenvalue weighted by Crippen LogP contribution is -2.26. The standard InChI is InChI=1S/C25H22IN3O3/c1-3-11-32-24-21(26)13-17(14-23(24)31-4-2)12-19(15-27)25(30)28-10-9-18-16-29-22-8-6-5-7-20(18)22/h1,5-8,12-14,16,29H,4,9-11H2,2H3,(H,28,30)/b19-12-. The Labute approximate surface area is 200 Å². The topological polar surface area (TPSA) is 87.1 Å². The van der Waals surface area contributed by atoms with Crippen LogP contribution in [0.3, 0.4) is 0 Å². The molecule has 0 aliphatic rings. The highest BCUT2D eigenvalue weighted by atomic mass is 127. The summed E-state index contributed by atoms with van der Waals surface area (Å²) in [7, 11) is 0. The number of ether oxygens (including phenoxy) is 2. The van der Waals surface area contributed by atoms with E-state index >= 15 is 0 Å². The van der Waals surface area contributed by atoms with E-state index in [2.05, 4.69) is 38.8 Å². The van der Waals surface area contributed by atoms with Crippen LogP contribution in [0.25, 0.3) is 17.0 Å². The normalized spacial score (nSPS) is 10.9. The molecule has 0 saturated heterocycles. The Morgan fingerprint density at radius 3 is 2.88 bits per heavy atom. The molecule has 0 spiro atoms. The van der Waals surface area contributed by atoms with E-state index in [1.807, 2.05) is 49.5 Å². The van der Waals surface area contributed by atoms with Crippen molar-refractivity contribution in [2.45, 2.75) is 13.3 Å². The molecule has 0 atom stereocenters. The molecule has 3 aromatic rings. The second kappa shape index (κ2) is 11.3. The van der Waals surface area contributed by atoms with Gasteiger partial charge >= 0.3 is 0 Å². The van der Waals surface area contributed by atoms with Crippen LogP contribution in [0.5, 0.6) is 11.5 Å². The molecule has 1 heterocycles. The number of H-pyrrole nitrogens is 1. The van der Waals surface area contributed by atoms with E-state index in [4.69, 9.17) is 15.9 Å². The zero-order valence-corrected chi connectivity index (χ0v) is 19.7. The van der Waals surface area contributed by atoms with Crippen LogP contribution < -0.4 is 14.8 Å². The lowest BCUT2D eigenvalue weighted by Gasteiger charge is -2.13. The van der Waals surface area contributed by atoms with Gasteiger partial charge in [0, 0.05) is 23.6 Å². The Kier molecular flexibility index (Phi) is 8.18. The summed E-state index contributed by atoms with van der Waals surface area (Å²) in [6.45, 7) is 2.84. The SMILES string of the molecule is C#CCOc1c(I)cc(/C=C(/C#N)C(=O)NCCc2c[nH]c3ccccc23)cc1OCC. The average molecular weight is 539 g/mol. The molecule has 0 aliphatic carbocycles. The minimum Gasteiger partial charge on any atom is -0.490 e. The van der Waals surface area contributed by atoms with E-state index in [0.717, 1.165) is 20.0 Å². The fourth-order valence-electron chi connectivity index (χ4n) is 3.25. The number of halogens is 1. The molecular formula is C25H22IN3O3. The predicted molar refractivity (Wildman–Crippen MR) is 133 cm³/mol. The molecule has 2 N–H and O–H groups in total. The van der Waals surface area contributed by atoms with Crippen LogP contribution in [0.4, 0.5) is 0 Å². The van der Waals surface area contributed by atoms with Crippen molar-refractivity contribution < 1.29 is 14.3 Å². The van der Waals surface area contributed by atoms with E-state index in [-0.39, 0.29) is 12.2 Å². The van der Waals surface area contributed by atoms with E-state index in [0.29, 0.717) is 36.6 Å². The number of aromatic amines is 1. The van der Waals surface area contributed by atoms with E-state index in [1.165, 1.54) is 6.08 Å². The molecule has 32 heavy (non-hydrogen) atoms. The minimum atomic E-state index is -0.423. The number of benzene rings is 2. The predicted octanol–water partition coefficient (Wildman–Crippen LogP) is 4.45. The first-order valence-electron chi connectivity index (χ1n) is 10.0. The van der Waals surface area contributed by atoms with Crippen LogP contribution in [-0.2, 0) is 11.2 Å². The summed E-state index contributed by atoms with van der Waals surface area (Å²) in [5, 5.41) is 13.5. The van der Waals surface area contributed by atoms with Gasteiger partial charge in [-0.1, -0.05) is 24.1 Å². The maximum atomic E-state index is 12.6. The Hall–Kier alpha value is -3.43. The summed E-state index contributed by atoms with van der Waals surface area (Å²) >= 11 is 2.11. The zero-order valence-electron chi connectivity index (χ0n) is 17.6. The summed E-state index contributed by atoms with van der Waals surface area (Å²) in [5.41, 5.74) is 2.84. The molecule has 2 aromatic carbocycles. The van der Waals surface area contributed by atoms with Crippen molar-refractivity contribution in [2.24, 2.45) is 0 Å². The number of carbonyl (C=O) groups excluding carboxylic acids is 1. The van der Waals surface area contributed by atoms with Crippen molar-refractivity contribution in [3.63, 3.8) is 0 Å². The first kappa shape index (κ1) is 23.2. The van der Waals surface area contributed by atoms with Crippen LogP contribution in [0.15, 0.2) is 48.2 Å². The summed E-state index contributed by atoms with van der Waals surface area (Å²) in [6, 6.07) is 13.5. The van der Waals surface area contributed by atoms with Gasteiger partial charge in [-0.2, -0.15) is 5.26 Å². The second-order valence-electron chi connectivity index (χ2n) is 6.79. The van der Waals surface area contributed by atoms with Gasteiger partial charge in [0.05, 0.1) is 10.2 Å². The minimum absolute atomic E-state index is 0.0134. The molecule has 0 aliphatic heterocycles. The molecule has 0 fully saturated rings. The van der Waals surface area contributed by atoms with Crippen molar-refractivity contribution in [2.75, 3.05) is 19.8 Å². The molecule has 6 nitrogen and oxygen atoms in total. The molecule has 0 bridgehead atoms. The third kappa shape index (κ3) is 5.63. The molecule has 3 rings (SSSR count). The summed E-state index contributed by atoms with van der Waals surface area (Å²) in [5.74, 6) is 3.07. The van der Waals surface area contributed by atoms with Crippen LogP contribution in [-0.4, -0.2) is 30.6 Å². The number of fused-ring (bicyclic) bond motifs is 1. The third-order valence-corrected chi connectivity index (χ3v) is 5.46. The first-order chi connectivity index (χ1) is 15.6. The third-order valence-electron chi connectivity index (χ3n) is 4.66. The highest BCUT2D eigenvalue weighted by Gasteiger charge is 2.14. The molecule has 7 heteroatoms. The van der Waals surface area contributed by atoms with Gasteiger partial charge in [-0.15, -0.1) is 6.42 Å². The number of nitrogens with zero attached hydrogens (tertiary/aromatic N) is 1. The highest BCUT2D eigenvalue weighted by Crippen LogP contribution is 2.35. The van der Waals surface area contributed by atoms with Gasteiger partial charge in [-0.25, -0.2) is 0 Å². The van der Waals surface area contributed by atoms with Crippen molar-refractivity contribution in [1.82, 2.24) is 10.3 Å². The monoisotopic (exact) mass is 539 g/mol. The number of carbonyl (C=O) groups is 1. The van der Waals surface area contributed by atoms with E-state index < -0.39 is 5.91 Å². The Bertz CT molecular complexity index is 1230. The number of para-hydroxylation sites is 1. The molecule has 1 amide bonds. The van der Waals surface area contributed by atoms with Gasteiger partial charge in [0.1, 0.15) is 18.2 Å². The van der Waals surface area contributed by atoms with Crippen LogP contribution in [0.2, 0.25) is 0 Å². The van der Waals surface area contributed by atoms with Gasteiger partial charge in [-0.3, -0.25) is 4.79 Å². The van der Waals surface area contributed by atoms with E-state index in [9.17, 15) is 10.1 Å². The van der Waals surface area contributed by atoms with Crippen LogP contribution in [0.1, 0.15) is 18.1 Å². The number of rotatable bonds is 9. The van der Waals surface area contributed by atoms with E-state index in [1.54, 1.807) is 6.07 Å². The Morgan fingerprint density at radius 2 is 2.12 bits per heavy atom. The molecule has 0 unspecified atom stereocenters. The van der Waals surface area contributed by atoms with Crippen LogP contribution in [0, 0.1) is 27.2 Å². The average Bonchev–Trinajstić information content (AvgIpc) is 3.20. The fraction of sp³-hybridized carbons (Fsp3) is 0.200. The number of nitriles is 1. The first-order valence-corrected chi connectivity index (χ1v) is 11.1. The molecule has 0 saturated carbocycles. The Balaban J connectivity index is 1.72. The quantitative estimate of drug-likeness (QED) is 0.182. The van der Waals surface area contributed by atoms with Gasteiger partial charge < -0.3 is 19.8 Å². The van der Waals surface area contributed by atoms with Crippen molar-refractivity contribution in [1.29, 1.82) is 5.26 Å². The van der Waals surface area contributed by atoms with Crippen molar-refractivity contribution in [3.05, 3.63) is 62.9 Å². The molecular weight excluding hydrogens is 517 g/mol. The van der Waals surface area contributed by atoms with Crippen molar-refractivity contribution in [3.8, 4) is 29.9 Å². The summed E-state index contributed by atoms with van der Waals surface area (Å²) < 4.78 is 12.0. The molecule has 0 radical (unpaired) electrons. The summed E-state index contributed by atoms with van der Waals surface area (Å²) in [6.07, 6.45) is 9.42. The lowest BCUT2D eigenvalue weighted by molar-refractivity contribution is -0.117. The largest absolute Gasteiger partial charge is 0.490 e. The van der Waals surface area contributed by atoms with Gasteiger partial charge in [0.2, 0.25) is 0 Å². The van der Waals surface area contributed by atoms with Crippen molar-refractivity contribution >= 4 is 45.5 Å². The summed E-state index contributed by atoms with van der Waals surface area (Å²) in [4.78, 5) is 15.8. The number of terminal acetylenes is 1. The smallest absolute Gasteiger partial charge is 0.261 e. The van der Waals surface area contributed by atoms with Gasteiger partial charge in [0.15, 0.2) is 11.5 Å².